The first kappa shape index (κ1) is 16.6. The first-order valence-corrected chi connectivity index (χ1v) is 7.32. The van der Waals surface area contributed by atoms with E-state index in [1.54, 1.807) is 11.8 Å². The molecule has 0 saturated carbocycles. The lowest BCUT2D eigenvalue weighted by molar-refractivity contribution is -0.122. The summed E-state index contributed by atoms with van der Waals surface area (Å²) in [6.45, 7) is 5.23. The molecule has 1 aromatic carbocycles. The average Bonchev–Trinajstić information content (AvgIpc) is 2.54. The van der Waals surface area contributed by atoms with E-state index in [0.717, 1.165) is 5.69 Å². The van der Waals surface area contributed by atoms with Crippen LogP contribution >= 0.6 is 0 Å². The third-order valence-electron chi connectivity index (χ3n) is 3.14. The Hall–Kier alpha value is -2.76. The zero-order valence-electron chi connectivity index (χ0n) is 13.4. The molecule has 2 aromatic rings. The van der Waals surface area contributed by atoms with Gasteiger partial charge in [0, 0.05) is 17.9 Å². The Labute approximate surface area is 135 Å². The van der Waals surface area contributed by atoms with Crippen molar-refractivity contribution in [3.63, 3.8) is 0 Å². The number of esters is 1. The fourth-order valence-electron chi connectivity index (χ4n) is 2.09. The Morgan fingerprint density at radius 3 is 2.39 bits per heavy atom. The van der Waals surface area contributed by atoms with E-state index < -0.39 is 5.97 Å². The van der Waals surface area contributed by atoms with Crippen LogP contribution in [-0.2, 0) is 9.53 Å². The van der Waals surface area contributed by atoms with Gasteiger partial charge < -0.3 is 9.64 Å². The SMILES string of the molecule is Cc1cnc(C(=O)OCC(=O)N(c2ccccc2)C(C)C)cn1. The van der Waals surface area contributed by atoms with Crippen LogP contribution < -0.4 is 4.90 Å². The minimum absolute atomic E-state index is 0.0530. The first-order chi connectivity index (χ1) is 11.0. The maximum atomic E-state index is 12.4. The van der Waals surface area contributed by atoms with Crippen molar-refractivity contribution in [2.45, 2.75) is 26.8 Å². The molecule has 0 aliphatic heterocycles. The fourth-order valence-corrected chi connectivity index (χ4v) is 2.09. The van der Waals surface area contributed by atoms with Gasteiger partial charge in [-0.25, -0.2) is 9.78 Å². The fraction of sp³-hybridized carbons (Fsp3) is 0.294. The molecule has 0 aliphatic carbocycles. The standard InChI is InChI=1S/C17H19N3O3/c1-12(2)20(14-7-5-4-6-8-14)16(21)11-23-17(22)15-10-18-13(3)9-19-15/h4-10,12H,11H2,1-3H3. The summed E-state index contributed by atoms with van der Waals surface area (Å²) in [4.78, 5) is 33.8. The molecule has 0 spiro atoms. The molecular weight excluding hydrogens is 294 g/mol. The lowest BCUT2D eigenvalue weighted by atomic mass is 10.2. The number of hydrogen-bond donors (Lipinski definition) is 0. The zero-order chi connectivity index (χ0) is 16.8. The van der Waals surface area contributed by atoms with Crippen LogP contribution in [0.25, 0.3) is 0 Å². The van der Waals surface area contributed by atoms with Gasteiger partial charge in [-0.2, -0.15) is 0 Å². The van der Waals surface area contributed by atoms with Crippen LogP contribution in [0.2, 0.25) is 0 Å². The minimum Gasteiger partial charge on any atom is -0.451 e. The smallest absolute Gasteiger partial charge is 0.359 e. The highest BCUT2D eigenvalue weighted by Gasteiger charge is 2.21. The number of aromatic nitrogens is 2. The molecule has 1 aromatic heterocycles. The minimum atomic E-state index is -0.664. The molecule has 1 amide bonds. The molecule has 0 aliphatic rings. The van der Waals surface area contributed by atoms with Crippen LogP contribution in [0, 0.1) is 6.92 Å². The number of para-hydroxylation sites is 1. The summed E-state index contributed by atoms with van der Waals surface area (Å²) in [5.74, 6) is -0.956. The maximum Gasteiger partial charge on any atom is 0.359 e. The molecule has 0 bridgehead atoms. The Bertz CT molecular complexity index is 669. The molecule has 120 valence electrons. The van der Waals surface area contributed by atoms with Crippen molar-refractivity contribution in [3.8, 4) is 0 Å². The van der Waals surface area contributed by atoms with Crippen molar-refractivity contribution >= 4 is 17.6 Å². The highest BCUT2D eigenvalue weighted by molar-refractivity contribution is 5.96. The van der Waals surface area contributed by atoms with Crippen LogP contribution in [0.4, 0.5) is 5.69 Å². The number of nitrogens with zero attached hydrogens (tertiary/aromatic N) is 3. The molecule has 0 fully saturated rings. The van der Waals surface area contributed by atoms with Gasteiger partial charge in [-0.15, -0.1) is 0 Å². The summed E-state index contributed by atoms with van der Waals surface area (Å²) in [6, 6.07) is 9.21. The van der Waals surface area contributed by atoms with Crippen LogP contribution in [0.5, 0.6) is 0 Å². The third kappa shape index (κ3) is 4.35. The number of carbonyl (C=O) groups excluding carboxylic acids is 2. The van der Waals surface area contributed by atoms with E-state index in [1.165, 1.54) is 12.4 Å². The Balaban J connectivity index is 2.02. The molecular formula is C17H19N3O3. The van der Waals surface area contributed by atoms with Crippen molar-refractivity contribution in [2.75, 3.05) is 11.5 Å². The van der Waals surface area contributed by atoms with Gasteiger partial charge in [0.2, 0.25) is 0 Å². The van der Waals surface area contributed by atoms with Crippen LogP contribution in [0.1, 0.15) is 30.0 Å². The summed E-state index contributed by atoms with van der Waals surface area (Å²) >= 11 is 0. The van der Waals surface area contributed by atoms with Gasteiger partial charge in [0.1, 0.15) is 0 Å². The molecule has 0 saturated heterocycles. The molecule has 1 heterocycles. The van der Waals surface area contributed by atoms with Crippen molar-refractivity contribution in [3.05, 3.63) is 54.1 Å². The van der Waals surface area contributed by atoms with E-state index in [2.05, 4.69) is 9.97 Å². The summed E-state index contributed by atoms with van der Waals surface area (Å²) in [6.07, 6.45) is 2.81. The number of benzene rings is 1. The Kier molecular flexibility index (Phi) is 5.41. The van der Waals surface area contributed by atoms with E-state index in [-0.39, 0.29) is 24.2 Å². The monoisotopic (exact) mass is 313 g/mol. The lowest BCUT2D eigenvalue weighted by Gasteiger charge is -2.26. The van der Waals surface area contributed by atoms with E-state index in [1.807, 2.05) is 44.2 Å². The largest absolute Gasteiger partial charge is 0.451 e. The third-order valence-corrected chi connectivity index (χ3v) is 3.14. The topological polar surface area (TPSA) is 72.4 Å². The van der Waals surface area contributed by atoms with Crippen LogP contribution in [-0.4, -0.2) is 34.5 Å². The Morgan fingerprint density at radius 2 is 1.83 bits per heavy atom. The highest BCUT2D eigenvalue weighted by atomic mass is 16.5. The molecule has 0 N–H and O–H groups in total. The predicted molar refractivity (Wildman–Crippen MR) is 86.1 cm³/mol. The summed E-state index contributed by atoms with van der Waals surface area (Å²) in [7, 11) is 0. The number of ether oxygens (including phenoxy) is 1. The molecule has 0 radical (unpaired) electrons. The number of hydrogen-bond acceptors (Lipinski definition) is 5. The number of rotatable bonds is 5. The summed E-state index contributed by atoms with van der Waals surface area (Å²) in [5.41, 5.74) is 1.55. The number of anilines is 1. The number of carbonyl (C=O) groups is 2. The van der Waals surface area contributed by atoms with Crippen molar-refractivity contribution in [1.82, 2.24) is 9.97 Å². The summed E-state index contributed by atoms with van der Waals surface area (Å²) < 4.78 is 5.05. The van der Waals surface area contributed by atoms with Gasteiger partial charge in [0.15, 0.2) is 12.3 Å². The molecule has 6 heteroatoms. The van der Waals surface area contributed by atoms with Gasteiger partial charge in [-0.3, -0.25) is 9.78 Å². The first-order valence-electron chi connectivity index (χ1n) is 7.32. The van der Waals surface area contributed by atoms with Gasteiger partial charge in [0.25, 0.3) is 5.91 Å². The average molecular weight is 313 g/mol. The Morgan fingerprint density at radius 1 is 1.13 bits per heavy atom. The second-order valence-corrected chi connectivity index (χ2v) is 5.31. The molecule has 6 nitrogen and oxygen atoms in total. The highest BCUT2D eigenvalue weighted by Crippen LogP contribution is 2.16. The quantitative estimate of drug-likeness (QED) is 0.793. The van der Waals surface area contributed by atoms with Gasteiger partial charge in [-0.1, -0.05) is 18.2 Å². The predicted octanol–water partition coefficient (Wildman–Crippen LogP) is 2.38. The van der Waals surface area contributed by atoms with Crippen molar-refractivity contribution < 1.29 is 14.3 Å². The van der Waals surface area contributed by atoms with Gasteiger partial charge in [0.05, 0.1) is 11.9 Å². The molecule has 0 unspecified atom stereocenters. The van der Waals surface area contributed by atoms with E-state index >= 15 is 0 Å². The maximum absolute atomic E-state index is 12.4. The summed E-state index contributed by atoms with van der Waals surface area (Å²) in [5, 5.41) is 0. The van der Waals surface area contributed by atoms with E-state index in [4.69, 9.17) is 4.74 Å². The molecule has 2 rings (SSSR count). The van der Waals surface area contributed by atoms with E-state index in [9.17, 15) is 9.59 Å². The van der Waals surface area contributed by atoms with E-state index in [0.29, 0.717) is 5.69 Å². The second-order valence-electron chi connectivity index (χ2n) is 5.31. The van der Waals surface area contributed by atoms with Gasteiger partial charge >= 0.3 is 5.97 Å². The molecule has 0 atom stereocenters. The number of amides is 1. The van der Waals surface area contributed by atoms with Crippen LogP contribution in [0.3, 0.4) is 0 Å². The zero-order valence-corrected chi connectivity index (χ0v) is 13.4. The second kappa shape index (κ2) is 7.49. The lowest BCUT2D eigenvalue weighted by Crippen LogP contribution is -2.39. The van der Waals surface area contributed by atoms with Crippen molar-refractivity contribution in [2.24, 2.45) is 0 Å². The van der Waals surface area contributed by atoms with Gasteiger partial charge in [-0.05, 0) is 32.9 Å². The molecule has 23 heavy (non-hydrogen) atoms. The normalized spacial score (nSPS) is 10.4. The van der Waals surface area contributed by atoms with Crippen molar-refractivity contribution in [1.29, 1.82) is 0 Å². The van der Waals surface area contributed by atoms with Crippen LogP contribution in [0.15, 0.2) is 42.7 Å². The number of aryl methyl sites for hydroxylation is 1.